The van der Waals surface area contributed by atoms with Crippen molar-refractivity contribution in [3.05, 3.63) is 122 Å². The minimum atomic E-state index is -0.786. The lowest BCUT2D eigenvalue weighted by atomic mass is 10.0. The molecule has 0 rings (SSSR count). The van der Waals surface area contributed by atoms with Gasteiger partial charge in [0.05, 0.1) is 0 Å². The second kappa shape index (κ2) is 70.3. The number of ether oxygens (including phenoxy) is 3. The van der Waals surface area contributed by atoms with E-state index < -0.39 is 6.10 Å². The van der Waals surface area contributed by atoms with Crippen molar-refractivity contribution in [3.63, 3.8) is 0 Å². The van der Waals surface area contributed by atoms with Crippen molar-refractivity contribution >= 4 is 17.9 Å². The van der Waals surface area contributed by atoms with Gasteiger partial charge >= 0.3 is 17.9 Å². The first-order chi connectivity index (χ1) is 41.0. The largest absolute Gasteiger partial charge is 0.462 e. The quantitative estimate of drug-likeness (QED) is 0.0261. The van der Waals surface area contributed by atoms with E-state index in [2.05, 4.69) is 142 Å². The Balaban J connectivity index is 4.16. The number of allylic oxidation sites excluding steroid dienone is 20. The molecule has 0 fully saturated rings. The van der Waals surface area contributed by atoms with Crippen LogP contribution >= 0.6 is 0 Å². The molecule has 0 aliphatic rings. The van der Waals surface area contributed by atoms with Gasteiger partial charge in [-0.15, -0.1) is 0 Å². The number of unbranched alkanes of at least 4 members (excludes halogenated alkanes) is 32. The van der Waals surface area contributed by atoms with E-state index in [9.17, 15) is 14.4 Å². The summed E-state index contributed by atoms with van der Waals surface area (Å²) in [6.07, 6.45) is 98.2. The molecule has 0 aromatic heterocycles. The summed E-state index contributed by atoms with van der Waals surface area (Å²) in [6.45, 7) is 6.49. The van der Waals surface area contributed by atoms with E-state index in [-0.39, 0.29) is 31.1 Å². The Labute approximate surface area is 513 Å². The lowest BCUT2D eigenvalue weighted by Crippen LogP contribution is -2.30. The van der Waals surface area contributed by atoms with Crippen LogP contribution in [0, 0.1) is 0 Å². The summed E-state index contributed by atoms with van der Waals surface area (Å²) in [5.41, 5.74) is 0. The van der Waals surface area contributed by atoms with Crippen LogP contribution in [0.4, 0.5) is 0 Å². The van der Waals surface area contributed by atoms with Crippen molar-refractivity contribution in [2.24, 2.45) is 0 Å². The molecule has 0 aliphatic carbocycles. The topological polar surface area (TPSA) is 78.9 Å². The van der Waals surface area contributed by atoms with Gasteiger partial charge < -0.3 is 14.2 Å². The first-order valence-corrected chi connectivity index (χ1v) is 35.0. The van der Waals surface area contributed by atoms with Gasteiger partial charge in [0.1, 0.15) is 13.2 Å². The molecule has 83 heavy (non-hydrogen) atoms. The minimum absolute atomic E-state index is 0.0835. The lowest BCUT2D eigenvalue weighted by Gasteiger charge is -2.18. The second-order valence-corrected chi connectivity index (χ2v) is 23.1. The van der Waals surface area contributed by atoms with Crippen LogP contribution < -0.4 is 0 Å². The minimum Gasteiger partial charge on any atom is -0.462 e. The van der Waals surface area contributed by atoms with E-state index in [0.717, 1.165) is 135 Å². The van der Waals surface area contributed by atoms with Crippen LogP contribution in [0.3, 0.4) is 0 Å². The lowest BCUT2D eigenvalue weighted by molar-refractivity contribution is -0.167. The average Bonchev–Trinajstić information content (AvgIpc) is 3.50. The summed E-state index contributed by atoms with van der Waals surface area (Å²) in [6, 6.07) is 0. The van der Waals surface area contributed by atoms with Gasteiger partial charge in [-0.25, -0.2) is 0 Å². The van der Waals surface area contributed by atoms with Gasteiger partial charge in [-0.3, -0.25) is 14.4 Å². The summed E-state index contributed by atoms with van der Waals surface area (Å²) < 4.78 is 16.9. The molecule has 0 aliphatic heterocycles. The van der Waals surface area contributed by atoms with Crippen molar-refractivity contribution < 1.29 is 28.6 Å². The molecular formula is C77H130O6. The van der Waals surface area contributed by atoms with Gasteiger partial charge in [0.2, 0.25) is 0 Å². The Morgan fingerprint density at radius 1 is 0.253 bits per heavy atom. The fraction of sp³-hybridized carbons (Fsp3) is 0.701. The zero-order chi connectivity index (χ0) is 59.9. The number of carbonyl (C=O) groups is 3. The molecule has 0 radical (unpaired) electrons. The van der Waals surface area contributed by atoms with Gasteiger partial charge in [0.25, 0.3) is 0 Å². The van der Waals surface area contributed by atoms with Gasteiger partial charge in [-0.2, -0.15) is 0 Å². The van der Waals surface area contributed by atoms with Crippen LogP contribution in [0.25, 0.3) is 0 Å². The molecule has 1 unspecified atom stereocenters. The number of esters is 3. The molecule has 0 saturated heterocycles. The van der Waals surface area contributed by atoms with Gasteiger partial charge in [0, 0.05) is 19.3 Å². The zero-order valence-corrected chi connectivity index (χ0v) is 54.4. The molecule has 0 aromatic rings. The first-order valence-electron chi connectivity index (χ1n) is 35.0. The average molecular weight is 1150 g/mol. The predicted octanol–water partition coefficient (Wildman–Crippen LogP) is 24.3. The molecule has 0 saturated carbocycles. The Bertz CT molecular complexity index is 1700. The summed E-state index contributed by atoms with van der Waals surface area (Å²) in [5, 5.41) is 0. The Kier molecular flexibility index (Phi) is 66.7. The van der Waals surface area contributed by atoms with E-state index in [0.29, 0.717) is 19.3 Å². The third-order valence-electron chi connectivity index (χ3n) is 15.0. The smallest absolute Gasteiger partial charge is 0.306 e. The first kappa shape index (κ1) is 78.8. The van der Waals surface area contributed by atoms with E-state index in [1.165, 1.54) is 154 Å². The van der Waals surface area contributed by atoms with E-state index in [1.54, 1.807) is 0 Å². The molecular weight excluding hydrogens is 1020 g/mol. The highest BCUT2D eigenvalue weighted by Gasteiger charge is 2.19. The van der Waals surface area contributed by atoms with Crippen molar-refractivity contribution in [1.82, 2.24) is 0 Å². The van der Waals surface area contributed by atoms with Gasteiger partial charge in [-0.1, -0.05) is 316 Å². The standard InChI is InChI=1S/C77H130O6/c1-4-7-10-13-16-18-20-22-24-26-28-30-32-34-35-36-37-38-39-40-41-43-44-46-48-50-52-54-56-58-61-64-67-70-76(79)82-73-74(72-81-75(78)69-66-63-60-15-12-9-6-3)83-77(80)71-68-65-62-59-57-55-53-51-49-47-45-42-33-31-29-27-25-23-21-19-17-14-11-8-5-2/h7,10,16,18,22,24,27-30,34-35,37-38,40-41,44,46,50,52,74H,4-6,8-9,11-15,17,19-21,23,25-26,31-33,36,39,42-43,45,47-49,51,53-73H2,1-3H3/b10-7-,18-16-,24-22-,29-27-,30-28-,35-34-,38-37-,41-40-,46-44-,52-50-. The number of carbonyl (C=O) groups excluding carboxylic acids is 3. The fourth-order valence-electron chi connectivity index (χ4n) is 9.73. The zero-order valence-electron chi connectivity index (χ0n) is 54.4. The van der Waals surface area contributed by atoms with Crippen LogP contribution in [0.1, 0.15) is 329 Å². The second-order valence-electron chi connectivity index (χ2n) is 23.1. The van der Waals surface area contributed by atoms with E-state index in [4.69, 9.17) is 14.2 Å². The van der Waals surface area contributed by atoms with Crippen molar-refractivity contribution in [2.45, 2.75) is 335 Å². The van der Waals surface area contributed by atoms with Crippen LogP contribution in [-0.2, 0) is 28.6 Å². The van der Waals surface area contributed by atoms with Gasteiger partial charge in [0.15, 0.2) is 6.10 Å². The Morgan fingerprint density at radius 2 is 0.470 bits per heavy atom. The van der Waals surface area contributed by atoms with Crippen LogP contribution in [-0.4, -0.2) is 37.2 Å². The normalized spacial score (nSPS) is 12.9. The highest BCUT2D eigenvalue weighted by atomic mass is 16.6. The molecule has 0 aromatic carbocycles. The maximum atomic E-state index is 12.9. The highest BCUT2D eigenvalue weighted by molar-refractivity contribution is 5.71. The van der Waals surface area contributed by atoms with Gasteiger partial charge in [-0.05, 0) is 116 Å². The SMILES string of the molecule is CC/C=C\C/C=C\C/C=C\C/C=C\C/C=C\C/C=C\C/C=C\C/C=C\C/C=C\CCCCCCCC(=O)OCC(COC(=O)CCCCCCCCC)OC(=O)CCCCCCCCCCCCCCC/C=C\CCCCCCCCCC. The number of rotatable bonds is 63. The summed E-state index contributed by atoms with van der Waals surface area (Å²) in [5.74, 6) is -0.902. The molecule has 0 N–H and O–H groups in total. The molecule has 0 amide bonds. The fourth-order valence-corrected chi connectivity index (χ4v) is 9.73. The summed E-state index contributed by atoms with van der Waals surface area (Å²) in [7, 11) is 0. The highest BCUT2D eigenvalue weighted by Crippen LogP contribution is 2.16. The Hall–Kier alpha value is -4.19. The van der Waals surface area contributed by atoms with Crippen LogP contribution in [0.2, 0.25) is 0 Å². The molecule has 0 heterocycles. The summed E-state index contributed by atoms with van der Waals surface area (Å²) >= 11 is 0. The number of hydrogen-bond acceptors (Lipinski definition) is 6. The third kappa shape index (κ3) is 68.5. The monoisotopic (exact) mass is 1150 g/mol. The van der Waals surface area contributed by atoms with Crippen LogP contribution in [0.15, 0.2) is 122 Å². The molecule has 474 valence electrons. The predicted molar refractivity (Wildman–Crippen MR) is 362 cm³/mol. The maximum absolute atomic E-state index is 12.9. The molecule has 6 nitrogen and oxygen atoms in total. The van der Waals surface area contributed by atoms with E-state index in [1.807, 2.05) is 0 Å². The molecule has 6 heteroatoms. The number of hydrogen-bond donors (Lipinski definition) is 0. The summed E-state index contributed by atoms with van der Waals surface area (Å²) in [4.78, 5) is 38.2. The third-order valence-corrected chi connectivity index (χ3v) is 15.0. The van der Waals surface area contributed by atoms with Crippen molar-refractivity contribution in [1.29, 1.82) is 0 Å². The molecule has 0 bridgehead atoms. The van der Waals surface area contributed by atoms with Crippen LogP contribution in [0.5, 0.6) is 0 Å². The van der Waals surface area contributed by atoms with Crippen molar-refractivity contribution in [3.8, 4) is 0 Å². The van der Waals surface area contributed by atoms with Crippen molar-refractivity contribution in [2.75, 3.05) is 13.2 Å². The van der Waals surface area contributed by atoms with E-state index >= 15 is 0 Å². The Morgan fingerprint density at radius 3 is 0.747 bits per heavy atom. The molecule has 0 spiro atoms. The maximum Gasteiger partial charge on any atom is 0.306 e. The molecule has 1 atom stereocenters.